The molecule has 0 saturated heterocycles. The Morgan fingerprint density at radius 3 is 2.23 bits per heavy atom. The lowest BCUT2D eigenvalue weighted by Gasteiger charge is -2.09. The van der Waals surface area contributed by atoms with Crippen molar-refractivity contribution in [2.75, 3.05) is 23.5 Å². The number of rotatable bonds is 7. The number of carbonyl (C=O) groups excluding carboxylic acids is 2. The zero-order valence-electron chi connectivity index (χ0n) is 16.6. The van der Waals surface area contributed by atoms with E-state index in [1.807, 2.05) is 43.3 Å². The van der Waals surface area contributed by atoms with Crippen molar-refractivity contribution in [2.24, 2.45) is 0 Å². The molecule has 30 heavy (non-hydrogen) atoms. The van der Waals surface area contributed by atoms with Crippen LogP contribution in [0.2, 0.25) is 5.02 Å². The summed E-state index contributed by atoms with van der Waals surface area (Å²) >= 11 is 7.47. The number of aryl methyl sites for hydroxylation is 1. The van der Waals surface area contributed by atoms with Crippen LogP contribution in [0, 0.1) is 6.92 Å². The van der Waals surface area contributed by atoms with Crippen molar-refractivity contribution in [1.29, 1.82) is 0 Å². The van der Waals surface area contributed by atoms with Crippen LogP contribution in [0.4, 0.5) is 11.4 Å². The first-order valence-corrected chi connectivity index (χ1v) is 10.6. The minimum Gasteiger partial charge on any atom is -0.495 e. The molecular formula is C23H21ClN2O3S. The summed E-state index contributed by atoms with van der Waals surface area (Å²) in [4.78, 5) is 25.4. The summed E-state index contributed by atoms with van der Waals surface area (Å²) in [5, 5.41) is 6.11. The Bertz CT molecular complexity index is 1040. The fourth-order valence-corrected chi connectivity index (χ4v) is 3.59. The molecule has 3 aromatic carbocycles. The number of thioether (sulfide) groups is 1. The highest BCUT2D eigenvalue weighted by atomic mass is 35.5. The lowest BCUT2D eigenvalue weighted by molar-refractivity contribution is -0.113. The summed E-state index contributed by atoms with van der Waals surface area (Å²) in [6, 6.07) is 19.8. The maximum absolute atomic E-state index is 12.3. The molecule has 0 aliphatic heterocycles. The van der Waals surface area contributed by atoms with E-state index in [0.717, 1.165) is 10.5 Å². The van der Waals surface area contributed by atoms with Crippen molar-refractivity contribution in [2.45, 2.75) is 11.8 Å². The van der Waals surface area contributed by atoms with Crippen LogP contribution in [0.1, 0.15) is 15.9 Å². The van der Waals surface area contributed by atoms with E-state index in [2.05, 4.69) is 10.6 Å². The van der Waals surface area contributed by atoms with Gasteiger partial charge >= 0.3 is 0 Å². The van der Waals surface area contributed by atoms with E-state index in [-0.39, 0.29) is 17.6 Å². The zero-order chi connectivity index (χ0) is 21.5. The fourth-order valence-electron chi connectivity index (χ4n) is 2.63. The Kier molecular flexibility index (Phi) is 7.38. The molecule has 0 aromatic heterocycles. The largest absolute Gasteiger partial charge is 0.495 e. The molecule has 0 radical (unpaired) electrons. The number of benzene rings is 3. The van der Waals surface area contributed by atoms with Gasteiger partial charge in [-0.05, 0) is 61.5 Å². The molecule has 5 nitrogen and oxygen atoms in total. The summed E-state index contributed by atoms with van der Waals surface area (Å²) in [6.07, 6.45) is 0. The van der Waals surface area contributed by atoms with E-state index in [1.54, 1.807) is 30.3 Å². The van der Waals surface area contributed by atoms with Crippen LogP contribution in [-0.4, -0.2) is 24.7 Å². The van der Waals surface area contributed by atoms with Gasteiger partial charge in [0, 0.05) is 21.8 Å². The maximum Gasteiger partial charge on any atom is 0.255 e. The molecule has 0 fully saturated rings. The van der Waals surface area contributed by atoms with Gasteiger partial charge < -0.3 is 15.4 Å². The SMILES string of the molecule is COc1ccc(NC(=O)CSc2ccc(NC(=O)c3ccc(C)cc3)cc2)cc1Cl. The number of methoxy groups -OCH3 is 1. The Balaban J connectivity index is 1.50. The summed E-state index contributed by atoms with van der Waals surface area (Å²) in [6.45, 7) is 1.98. The molecule has 2 N–H and O–H groups in total. The highest BCUT2D eigenvalue weighted by molar-refractivity contribution is 8.00. The number of hydrogen-bond acceptors (Lipinski definition) is 4. The first-order chi connectivity index (χ1) is 14.4. The first kappa shape index (κ1) is 21.7. The van der Waals surface area contributed by atoms with Gasteiger partial charge in [0.05, 0.1) is 17.9 Å². The molecule has 2 amide bonds. The molecule has 3 aromatic rings. The monoisotopic (exact) mass is 440 g/mol. The van der Waals surface area contributed by atoms with Crippen molar-refractivity contribution in [3.05, 3.63) is 82.9 Å². The molecule has 0 spiro atoms. The minimum atomic E-state index is -0.159. The number of nitrogens with one attached hydrogen (secondary N) is 2. The van der Waals surface area contributed by atoms with Crippen LogP contribution in [-0.2, 0) is 4.79 Å². The molecule has 0 aliphatic carbocycles. The Morgan fingerprint density at radius 2 is 1.60 bits per heavy atom. The van der Waals surface area contributed by atoms with Gasteiger partial charge in [0.2, 0.25) is 5.91 Å². The van der Waals surface area contributed by atoms with Gasteiger partial charge in [0.25, 0.3) is 5.91 Å². The third kappa shape index (κ3) is 6.02. The van der Waals surface area contributed by atoms with Crippen molar-refractivity contribution in [1.82, 2.24) is 0 Å². The van der Waals surface area contributed by atoms with Gasteiger partial charge in [-0.2, -0.15) is 0 Å². The molecule has 7 heteroatoms. The number of anilines is 2. The lowest BCUT2D eigenvalue weighted by atomic mass is 10.1. The predicted octanol–water partition coefficient (Wildman–Crippen LogP) is 5.64. The summed E-state index contributed by atoms with van der Waals surface area (Å²) < 4.78 is 5.10. The highest BCUT2D eigenvalue weighted by Gasteiger charge is 2.08. The number of hydrogen-bond donors (Lipinski definition) is 2. The highest BCUT2D eigenvalue weighted by Crippen LogP contribution is 2.27. The molecule has 154 valence electrons. The molecule has 0 aliphatic rings. The van der Waals surface area contributed by atoms with Crippen LogP contribution in [0.25, 0.3) is 0 Å². The van der Waals surface area contributed by atoms with Crippen LogP contribution in [0.3, 0.4) is 0 Å². The van der Waals surface area contributed by atoms with Crippen molar-refractivity contribution < 1.29 is 14.3 Å². The summed E-state index contributed by atoms with van der Waals surface area (Å²) in [5.74, 6) is 0.503. The predicted molar refractivity (Wildman–Crippen MR) is 123 cm³/mol. The third-order valence-electron chi connectivity index (χ3n) is 4.23. The number of amides is 2. The Morgan fingerprint density at radius 1 is 0.933 bits per heavy atom. The van der Waals surface area contributed by atoms with E-state index >= 15 is 0 Å². The van der Waals surface area contributed by atoms with Gasteiger partial charge in [-0.3, -0.25) is 9.59 Å². The van der Waals surface area contributed by atoms with Crippen molar-refractivity contribution in [3.63, 3.8) is 0 Å². The summed E-state index contributed by atoms with van der Waals surface area (Å²) in [5.41, 5.74) is 3.02. The van der Waals surface area contributed by atoms with Gasteiger partial charge in [0.1, 0.15) is 5.75 Å². The molecule has 0 heterocycles. The van der Waals surface area contributed by atoms with E-state index < -0.39 is 0 Å². The van der Waals surface area contributed by atoms with Gasteiger partial charge in [0.15, 0.2) is 0 Å². The van der Waals surface area contributed by atoms with Crippen LogP contribution >= 0.6 is 23.4 Å². The second kappa shape index (κ2) is 10.2. The molecule has 0 saturated carbocycles. The third-order valence-corrected chi connectivity index (χ3v) is 5.54. The van der Waals surface area contributed by atoms with E-state index in [4.69, 9.17) is 16.3 Å². The van der Waals surface area contributed by atoms with Gasteiger partial charge in [-0.15, -0.1) is 11.8 Å². The summed E-state index contributed by atoms with van der Waals surface area (Å²) in [7, 11) is 1.54. The van der Waals surface area contributed by atoms with Gasteiger partial charge in [-0.1, -0.05) is 29.3 Å². The second-order valence-corrected chi connectivity index (χ2v) is 7.99. The average molecular weight is 441 g/mol. The van der Waals surface area contributed by atoms with E-state index in [9.17, 15) is 9.59 Å². The standard InChI is InChI=1S/C23H21ClN2O3S/c1-15-3-5-16(6-4-15)23(28)26-17-7-10-19(11-8-17)30-14-22(27)25-18-9-12-21(29-2)20(24)13-18/h3-13H,14H2,1-2H3,(H,25,27)(H,26,28). The van der Waals surface area contributed by atoms with Gasteiger partial charge in [-0.25, -0.2) is 0 Å². The maximum atomic E-state index is 12.3. The van der Waals surface area contributed by atoms with Crippen LogP contribution in [0.15, 0.2) is 71.6 Å². The Hall–Kier alpha value is -2.96. The average Bonchev–Trinajstić information content (AvgIpc) is 2.74. The minimum absolute atomic E-state index is 0.141. The van der Waals surface area contributed by atoms with Crippen molar-refractivity contribution in [3.8, 4) is 5.75 Å². The smallest absolute Gasteiger partial charge is 0.255 e. The van der Waals surface area contributed by atoms with E-state index in [0.29, 0.717) is 27.7 Å². The van der Waals surface area contributed by atoms with Crippen LogP contribution < -0.4 is 15.4 Å². The Labute approximate surface area is 184 Å². The number of carbonyl (C=O) groups is 2. The number of ether oxygens (including phenoxy) is 1. The molecule has 0 bridgehead atoms. The molecule has 3 rings (SSSR count). The quantitative estimate of drug-likeness (QED) is 0.466. The molecule has 0 unspecified atom stereocenters. The normalized spacial score (nSPS) is 10.4. The fraction of sp³-hybridized carbons (Fsp3) is 0.130. The van der Waals surface area contributed by atoms with Crippen molar-refractivity contribution >= 4 is 46.6 Å². The zero-order valence-corrected chi connectivity index (χ0v) is 18.1. The van der Waals surface area contributed by atoms with Crippen LogP contribution in [0.5, 0.6) is 5.75 Å². The first-order valence-electron chi connectivity index (χ1n) is 9.19. The van der Waals surface area contributed by atoms with E-state index in [1.165, 1.54) is 18.9 Å². The molecular weight excluding hydrogens is 420 g/mol. The lowest BCUT2D eigenvalue weighted by Crippen LogP contribution is -2.14. The molecule has 0 atom stereocenters. The second-order valence-electron chi connectivity index (χ2n) is 6.53. The topological polar surface area (TPSA) is 67.4 Å². The number of halogens is 1.